The number of rotatable bonds is 2. The molecule has 3 rings (SSSR count). The van der Waals surface area contributed by atoms with Crippen molar-refractivity contribution in [2.75, 3.05) is 6.61 Å². The summed E-state index contributed by atoms with van der Waals surface area (Å²) in [5, 5.41) is 11.5. The van der Waals surface area contributed by atoms with E-state index in [4.69, 9.17) is 9.47 Å². The molecule has 0 spiro atoms. The molecule has 1 heterocycles. The maximum absolute atomic E-state index is 12.0. The summed E-state index contributed by atoms with van der Waals surface area (Å²) in [6.07, 6.45) is -0.535. The smallest absolute Gasteiger partial charge is 0.347 e. The molecule has 0 radical (unpaired) electrons. The third kappa shape index (κ3) is 2.18. The number of phenols is 1. The molecule has 1 saturated heterocycles. The molecule has 1 N–H and O–H groups in total. The van der Waals surface area contributed by atoms with Gasteiger partial charge in [-0.25, -0.2) is 9.59 Å². The van der Waals surface area contributed by atoms with E-state index in [9.17, 15) is 14.7 Å². The van der Waals surface area contributed by atoms with E-state index >= 15 is 0 Å². The van der Waals surface area contributed by atoms with Gasteiger partial charge in [-0.15, -0.1) is 0 Å². The Kier molecular flexibility index (Phi) is 3.02. The molecule has 1 unspecified atom stereocenters. The number of fused-ring (bicyclic) bond motifs is 1. The monoisotopic (exact) mass is 272 g/mol. The van der Waals surface area contributed by atoms with Gasteiger partial charge in [-0.05, 0) is 22.9 Å². The zero-order valence-corrected chi connectivity index (χ0v) is 10.5. The third-order valence-electron chi connectivity index (χ3n) is 3.22. The first kappa shape index (κ1) is 12.5. The highest BCUT2D eigenvalue weighted by atomic mass is 16.6. The number of cyclic esters (lactones) is 1. The number of esters is 2. The highest BCUT2D eigenvalue weighted by Crippen LogP contribution is 2.26. The molecular weight excluding hydrogens is 260 g/mol. The summed E-state index contributed by atoms with van der Waals surface area (Å²) in [5.41, 5.74) is 0.0448. The molecule has 0 saturated carbocycles. The van der Waals surface area contributed by atoms with Gasteiger partial charge in [0.05, 0.1) is 6.61 Å². The van der Waals surface area contributed by atoms with Gasteiger partial charge < -0.3 is 14.6 Å². The largest absolute Gasteiger partial charge is 0.507 e. The lowest BCUT2D eigenvalue weighted by molar-refractivity contribution is -0.145. The predicted molar refractivity (Wildman–Crippen MR) is 70.4 cm³/mol. The molecule has 20 heavy (non-hydrogen) atoms. The van der Waals surface area contributed by atoms with Gasteiger partial charge in [0, 0.05) is 6.42 Å². The normalized spacial score (nSPS) is 18.0. The summed E-state index contributed by atoms with van der Waals surface area (Å²) in [7, 11) is 0. The van der Waals surface area contributed by atoms with Crippen molar-refractivity contribution in [3.63, 3.8) is 0 Å². The molecule has 5 heteroatoms. The minimum absolute atomic E-state index is 0.0448. The summed E-state index contributed by atoms with van der Waals surface area (Å²) in [5.74, 6) is -1.43. The highest BCUT2D eigenvalue weighted by molar-refractivity contribution is 5.99. The van der Waals surface area contributed by atoms with Crippen molar-refractivity contribution >= 4 is 22.7 Å². The Labute approximate surface area is 114 Å². The molecule has 1 aliphatic rings. The maximum atomic E-state index is 12.0. The molecule has 5 nitrogen and oxygen atoms in total. The topological polar surface area (TPSA) is 72.8 Å². The van der Waals surface area contributed by atoms with Crippen LogP contribution in [-0.2, 0) is 14.3 Å². The molecule has 0 aliphatic carbocycles. The van der Waals surface area contributed by atoms with Crippen molar-refractivity contribution in [2.24, 2.45) is 0 Å². The van der Waals surface area contributed by atoms with Gasteiger partial charge in [-0.3, -0.25) is 0 Å². The van der Waals surface area contributed by atoms with Gasteiger partial charge in [0.15, 0.2) is 0 Å². The Balaban J connectivity index is 1.90. The molecule has 102 valence electrons. The number of carbonyl (C=O) groups is 2. The van der Waals surface area contributed by atoms with E-state index in [0.29, 0.717) is 6.42 Å². The van der Waals surface area contributed by atoms with Crippen LogP contribution in [0.25, 0.3) is 10.8 Å². The van der Waals surface area contributed by atoms with Crippen LogP contribution in [-0.4, -0.2) is 29.8 Å². The number of carbonyl (C=O) groups excluding carboxylic acids is 2. The van der Waals surface area contributed by atoms with Crippen molar-refractivity contribution in [3.05, 3.63) is 42.0 Å². The van der Waals surface area contributed by atoms with Gasteiger partial charge in [-0.2, -0.15) is 0 Å². The first-order chi connectivity index (χ1) is 9.65. The summed E-state index contributed by atoms with van der Waals surface area (Å²) < 4.78 is 9.79. The number of ether oxygens (including phenoxy) is 2. The second-order valence-electron chi connectivity index (χ2n) is 4.57. The zero-order chi connectivity index (χ0) is 14.1. The Bertz CT molecular complexity index is 692. The van der Waals surface area contributed by atoms with Crippen LogP contribution in [0.1, 0.15) is 16.8 Å². The molecule has 2 aromatic carbocycles. The second-order valence-corrected chi connectivity index (χ2v) is 4.57. The Hall–Kier alpha value is -2.56. The van der Waals surface area contributed by atoms with Crippen molar-refractivity contribution < 1.29 is 24.2 Å². The Morgan fingerprint density at radius 3 is 2.60 bits per heavy atom. The second kappa shape index (κ2) is 4.85. The van der Waals surface area contributed by atoms with Crippen LogP contribution >= 0.6 is 0 Å². The summed E-state index contributed by atoms with van der Waals surface area (Å²) in [6, 6.07) is 10.4. The maximum Gasteiger partial charge on any atom is 0.347 e. The standard InChI is InChI=1S/C15H12O5/c16-12-8-10-4-2-1-3-9(10)7-11(12)14(17)20-13-5-6-19-15(13)18/h1-4,7-8,13,16H,5-6H2. The molecule has 0 bridgehead atoms. The van der Waals surface area contributed by atoms with Crippen molar-refractivity contribution in [1.82, 2.24) is 0 Å². The lowest BCUT2D eigenvalue weighted by atomic mass is 10.1. The lowest BCUT2D eigenvalue weighted by Crippen LogP contribution is -2.22. The lowest BCUT2D eigenvalue weighted by Gasteiger charge is -2.10. The SMILES string of the molecule is O=C(OC1CCOC1=O)c1cc2ccccc2cc1O. The van der Waals surface area contributed by atoms with E-state index < -0.39 is 18.0 Å². The number of phenolic OH excluding ortho intramolecular Hbond substituents is 1. The summed E-state index contributed by atoms with van der Waals surface area (Å²) in [6.45, 7) is 0.250. The van der Waals surface area contributed by atoms with Crippen molar-refractivity contribution in [3.8, 4) is 5.75 Å². The molecular formula is C15H12O5. The molecule has 1 aliphatic heterocycles. The quantitative estimate of drug-likeness (QED) is 0.847. The van der Waals surface area contributed by atoms with E-state index in [-0.39, 0.29) is 17.9 Å². The minimum atomic E-state index is -0.881. The molecule has 1 atom stereocenters. The van der Waals surface area contributed by atoms with E-state index in [0.717, 1.165) is 10.8 Å². The van der Waals surface area contributed by atoms with Crippen LogP contribution in [0.15, 0.2) is 36.4 Å². The molecule has 1 fully saturated rings. The third-order valence-corrected chi connectivity index (χ3v) is 3.22. The van der Waals surface area contributed by atoms with Gasteiger partial charge in [0.1, 0.15) is 11.3 Å². The van der Waals surface area contributed by atoms with E-state index in [2.05, 4.69) is 0 Å². The van der Waals surface area contributed by atoms with Gasteiger partial charge in [0.2, 0.25) is 6.10 Å². The van der Waals surface area contributed by atoms with Crippen molar-refractivity contribution in [2.45, 2.75) is 12.5 Å². The van der Waals surface area contributed by atoms with Gasteiger partial charge in [0.25, 0.3) is 0 Å². The zero-order valence-electron chi connectivity index (χ0n) is 10.5. The van der Waals surface area contributed by atoms with Crippen molar-refractivity contribution in [1.29, 1.82) is 0 Å². The van der Waals surface area contributed by atoms with E-state index in [1.807, 2.05) is 24.3 Å². The fourth-order valence-corrected chi connectivity index (χ4v) is 2.17. The number of hydrogen-bond donors (Lipinski definition) is 1. The average molecular weight is 272 g/mol. The van der Waals surface area contributed by atoms with Crippen LogP contribution in [0.5, 0.6) is 5.75 Å². The van der Waals surface area contributed by atoms with Crippen LogP contribution in [0.4, 0.5) is 0 Å². The number of benzene rings is 2. The fourth-order valence-electron chi connectivity index (χ4n) is 2.17. The van der Waals surface area contributed by atoms with E-state index in [1.54, 1.807) is 6.07 Å². The first-order valence-electron chi connectivity index (χ1n) is 6.24. The van der Waals surface area contributed by atoms with Crippen LogP contribution in [0.3, 0.4) is 0 Å². The van der Waals surface area contributed by atoms with Crippen LogP contribution in [0.2, 0.25) is 0 Å². The van der Waals surface area contributed by atoms with Gasteiger partial charge >= 0.3 is 11.9 Å². The minimum Gasteiger partial charge on any atom is -0.507 e. The summed E-state index contributed by atoms with van der Waals surface area (Å²) in [4.78, 5) is 23.3. The summed E-state index contributed by atoms with van der Waals surface area (Å²) >= 11 is 0. The number of aromatic hydroxyl groups is 1. The Morgan fingerprint density at radius 1 is 1.25 bits per heavy atom. The van der Waals surface area contributed by atoms with Crippen LogP contribution in [0, 0.1) is 0 Å². The van der Waals surface area contributed by atoms with Gasteiger partial charge in [-0.1, -0.05) is 24.3 Å². The predicted octanol–water partition coefficient (Wildman–Crippen LogP) is 2.02. The first-order valence-corrected chi connectivity index (χ1v) is 6.24. The fraction of sp³-hybridized carbons (Fsp3) is 0.200. The molecule has 0 amide bonds. The van der Waals surface area contributed by atoms with E-state index in [1.165, 1.54) is 6.07 Å². The Morgan fingerprint density at radius 2 is 1.95 bits per heavy atom. The number of hydrogen-bond acceptors (Lipinski definition) is 5. The molecule has 2 aromatic rings. The highest BCUT2D eigenvalue weighted by Gasteiger charge is 2.31. The average Bonchev–Trinajstić information content (AvgIpc) is 2.83. The molecule has 0 aromatic heterocycles. The van der Waals surface area contributed by atoms with Crippen LogP contribution < -0.4 is 0 Å².